The molecule has 4 N–H and O–H groups in total. The van der Waals surface area contributed by atoms with Gasteiger partial charge in [-0.05, 0) is 76.3 Å². The van der Waals surface area contributed by atoms with Crippen LogP contribution in [0.5, 0.6) is 0 Å². The van der Waals surface area contributed by atoms with Crippen molar-refractivity contribution in [3.63, 3.8) is 0 Å². The third kappa shape index (κ3) is 5.68. The molecule has 0 saturated carbocycles. The van der Waals surface area contributed by atoms with E-state index in [1.165, 1.54) is 5.69 Å². The zero-order valence-electron chi connectivity index (χ0n) is 22.1. The number of hydrogen-bond acceptors (Lipinski definition) is 8. The molecule has 4 aromatic rings. The number of piperazine rings is 1. The van der Waals surface area contributed by atoms with E-state index in [-0.39, 0.29) is 0 Å². The molecule has 38 heavy (non-hydrogen) atoms. The molecule has 3 heterocycles. The van der Waals surface area contributed by atoms with Crippen LogP contribution >= 0.6 is 0 Å². The van der Waals surface area contributed by atoms with Crippen LogP contribution in [0.1, 0.15) is 20.8 Å². The summed E-state index contributed by atoms with van der Waals surface area (Å²) < 4.78 is 26.9. The van der Waals surface area contributed by atoms with Gasteiger partial charge in [0.25, 0.3) is 0 Å². The number of benzene rings is 2. The summed E-state index contributed by atoms with van der Waals surface area (Å²) in [6, 6.07) is 17.3. The number of nitrogens with one attached hydrogen (secondary N) is 4. The average molecular weight is 535 g/mol. The van der Waals surface area contributed by atoms with E-state index in [9.17, 15) is 8.42 Å². The molecular weight excluding hydrogens is 500 g/mol. The highest BCUT2D eigenvalue weighted by Gasteiger charge is 2.29. The zero-order valence-corrected chi connectivity index (χ0v) is 22.9. The summed E-state index contributed by atoms with van der Waals surface area (Å²) in [5, 5.41) is 7.45. The monoisotopic (exact) mass is 534 g/mol. The lowest BCUT2D eigenvalue weighted by atomic mass is 10.2. The van der Waals surface area contributed by atoms with E-state index in [1.54, 1.807) is 39.0 Å². The minimum Gasteiger partial charge on any atom is -0.369 e. The van der Waals surface area contributed by atoms with Gasteiger partial charge in [0.15, 0.2) is 0 Å². The van der Waals surface area contributed by atoms with Crippen LogP contribution in [0.3, 0.4) is 0 Å². The second kappa shape index (κ2) is 10.1. The fourth-order valence-electron chi connectivity index (χ4n) is 4.15. The van der Waals surface area contributed by atoms with Gasteiger partial charge in [-0.1, -0.05) is 6.07 Å². The van der Waals surface area contributed by atoms with Gasteiger partial charge in [-0.25, -0.2) is 8.42 Å². The van der Waals surface area contributed by atoms with E-state index in [4.69, 9.17) is 4.98 Å². The minimum atomic E-state index is -3.54. The molecule has 0 radical (unpaired) electrons. The highest BCUT2D eigenvalue weighted by Crippen LogP contribution is 2.28. The van der Waals surface area contributed by atoms with Crippen molar-refractivity contribution in [2.24, 2.45) is 0 Å². The Hall–Kier alpha value is -3.83. The molecule has 2 aromatic carbocycles. The Labute approximate surface area is 223 Å². The molecular formula is C27H34N8O2S. The molecule has 200 valence electrons. The number of H-pyrrole nitrogens is 1. The minimum absolute atomic E-state index is 0.444. The Morgan fingerprint density at radius 3 is 2.29 bits per heavy atom. The maximum Gasteiger partial charge on any atom is 0.237 e. The number of fused-ring (bicyclic) bond motifs is 1. The van der Waals surface area contributed by atoms with Crippen LogP contribution in [0.4, 0.5) is 34.5 Å². The predicted molar refractivity (Wildman–Crippen MR) is 155 cm³/mol. The molecule has 1 saturated heterocycles. The van der Waals surface area contributed by atoms with Crippen LogP contribution in [0.2, 0.25) is 0 Å². The molecule has 0 bridgehead atoms. The largest absolute Gasteiger partial charge is 0.369 e. The molecule has 11 heteroatoms. The molecule has 0 aliphatic carbocycles. The number of hydrogen-bond donors (Lipinski definition) is 4. The highest BCUT2D eigenvalue weighted by atomic mass is 32.2. The summed E-state index contributed by atoms with van der Waals surface area (Å²) in [6.07, 6.45) is 1.81. The first-order valence-electron chi connectivity index (χ1n) is 12.6. The van der Waals surface area contributed by atoms with E-state index in [2.05, 4.69) is 54.3 Å². The van der Waals surface area contributed by atoms with E-state index >= 15 is 0 Å². The molecule has 1 aliphatic rings. The van der Waals surface area contributed by atoms with Gasteiger partial charge in [-0.15, -0.1) is 0 Å². The van der Waals surface area contributed by atoms with Crippen LogP contribution in [-0.4, -0.2) is 66.2 Å². The lowest BCUT2D eigenvalue weighted by Crippen LogP contribution is -2.44. The first-order valence-corrected chi connectivity index (χ1v) is 14.1. The second-order valence-electron chi connectivity index (χ2n) is 10.5. The summed E-state index contributed by atoms with van der Waals surface area (Å²) in [5.74, 6) is 1.04. The first-order chi connectivity index (χ1) is 18.1. The van der Waals surface area contributed by atoms with Gasteiger partial charge in [0.2, 0.25) is 16.0 Å². The van der Waals surface area contributed by atoms with Gasteiger partial charge in [0, 0.05) is 49.4 Å². The van der Waals surface area contributed by atoms with E-state index in [0.717, 1.165) is 37.3 Å². The van der Waals surface area contributed by atoms with E-state index < -0.39 is 14.8 Å². The van der Waals surface area contributed by atoms with Crippen LogP contribution in [0.25, 0.3) is 11.0 Å². The van der Waals surface area contributed by atoms with Crippen molar-refractivity contribution in [3.05, 3.63) is 60.8 Å². The van der Waals surface area contributed by atoms with E-state index in [0.29, 0.717) is 28.8 Å². The summed E-state index contributed by atoms with van der Waals surface area (Å²) in [7, 11) is -1.39. The van der Waals surface area contributed by atoms with Crippen LogP contribution in [0.15, 0.2) is 60.8 Å². The van der Waals surface area contributed by atoms with Gasteiger partial charge < -0.3 is 25.4 Å². The van der Waals surface area contributed by atoms with Crippen LogP contribution in [0, 0.1) is 0 Å². The van der Waals surface area contributed by atoms with Crippen molar-refractivity contribution in [3.8, 4) is 0 Å². The number of aromatic amines is 1. The summed E-state index contributed by atoms with van der Waals surface area (Å²) >= 11 is 0. The third-order valence-electron chi connectivity index (χ3n) is 6.59. The molecule has 2 aromatic heterocycles. The van der Waals surface area contributed by atoms with Crippen molar-refractivity contribution in [1.82, 2.24) is 19.9 Å². The van der Waals surface area contributed by atoms with Crippen molar-refractivity contribution in [1.29, 1.82) is 0 Å². The molecule has 0 unspecified atom stereocenters. The summed E-state index contributed by atoms with van der Waals surface area (Å²) in [4.78, 5) is 17.2. The fraction of sp³-hybridized carbons (Fsp3) is 0.333. The zero-order chi connectivity index (χ0) is 26.9. The van der Waals surface area contributed by atoms with Gasteiger partial charge >= 0.3 is 0 Å². The standard InChI is InChI=1S/C27H34N8O2S/c1-27(2,3)38(36,37)33-21-7-5-6-20(18-21)29-25-23-12-13-28-24(23)31-26(32-25)30-19-8-10-22(11-9-19)35-16-14-34(4)15-17-35/h5-13,18,33H,14-17H2,1-4H3,(H3,28,29,30,31,32). The number of likely N-dealkylation sites (N-methyl/N-ethyl adjacent to an activating group) is 1. The Morgan fingerprint density at radius 2 is 1.58 bits per heavy atom. The predicted octanol–water partition coefficient (Wildman–Crippen LogP) is 4.74. The van der Waals surface area contributed by atoms with E-state index in [1.807, 2.05) is 30.5 Å². The molecule has 0 amide bonds. The average Bonchev–Trinajstić information content (AvgIpc) is 3.33. The Balaban J connectivity index is 1.35. The lowest BCUT2D eigenvalue weighted by Gasteiger charge is -2.34. The van der Waals surface area contributed by atoms with Gasteiger partial charge in [0.1, 0.15) is 11.5 Å². The topological polar surface area (TPSA) is 118 Å². The number of aromatic nitrogens is 3. The second-order valence-corrected chi connectivity index (χ2v) is 13.0. The smallest absolute Gasteiger partial charge is 0.237 e. The van der Waals surface area contributed by atoms with Crippen molar-refractivity contribution < 1.29 is 8.42 Å². The van der Waals surface area contributed by atoms with Crippen molar-refractivity contribution in [2.75, 3.05) is 53.5 Å². The molecule has 0 spiro atoms. The maximum absolute atomic E-state index is 12.6. The molecule has 1 aliphatic heterocycles. The summed E-state index contributed by atoms with van der Waals surface area (Å²) in [6.45, 7) is 9.14. The van der Waals surface area contributed by atoms with Crippen molar-refractivity contribution >= 4 is 55.6 Å². The van der Waals surface area contributed by atoms with Crippen LogP contribution < -0.4 is 20.3 Å². The molecule has 0 atom stereocenters. The number of sulfonamides is 1. The van der Waals surface area contributed by atoms with Gasteiger partial charge in [0.05, 0.1) is 15.8 Å². The first kappa shape index (κ1) is 25.8. The molecule has 5 rings (SSSR count). The SMILES string of the molecule is CN1CCN(c2ccc(Nc3nc(Nc4cccc(NS(=O)(=O)C(C)(C)C)c4)c4cc[nH]c4n3)cc2)CC1. The number of anilines is 6. The molecule has 10 nitrogen and oxygen atoms in total. The Kier molecular flexibility index (Phi) is 6.89. The van der Waals surface area contributed by atoms with Crippen LogP contribution in [-0.2, 0) is 10.0 Å². The normalized spacial score (nSPS) is 15.0. The fourth-order valence-corrected chi connectivity index (χ4v) is 4.89. The Morgan fingerprint density at radius 1 is 0.868 bits per heavy atom. The van der Waals surface area contributed by atoms with Gasteiger partial charge in [-0.3, -0.25) is 4.72 Å². The lowest BCUT2D eigenvalue weighted by molar-refractivity contribution is 0.313. The maximum atomic E-state index is 12.6. The number of rotatable bonds is 7. The third-order valence-corrected chi connectivity index (χ3v) is 8.71. The van der Waals surface area contributed by atoms with Gasteiger partial charge in [-0.2, -0.15) is 9.97 Å². The van der Waals surface area contributed by atoms with Crippen molar-refractivity contribution in [2.45, 2.75) is 25.5 Å². The summed E-state index contributed by atoms with van der Waals surface area (Å²) in [5.41, 5.74) is 3.95. The Bertz CT molecular complexity index is 1520. The molecule has 1 fully saturated rings. The highest BCUT2D eigenvalue weighted by molar-refractivity contribution is 7.94. The quantitative estimate of drug-likeness (QED) is 0.269. The number of nitrogens with zero attached hydrogens (tertiary/aromatic N) is 4.